The molecule has 1 fully saturated rings. The van der Waals surface area contributed by atoms with Crippen molar-refractivity contribution in [2.75, 3.05) is 13.2 Å². The lowest BCUT2D eigenvalue weighted by Gasteiger charge is -2.26. The molecule has 1 aliphatic heterocycles. The largest absolute Gasteiger partial charge is 0.491 e. The average Bonchev–Trinajstić information content (AvgIpc) is 2.98. The van der Waals surface area contributed by atoms with Crippen LogP contribution in [0, 0.1) is 17.1 Å². The molecule has 7 nitrogen and oxygen atoms in total. The summed E-state index contributed by atoms with van der Waals surface area (Å²) in [5.41, 5.74) is -0.335. The van der Waals surface area contributed by atoms with E-state index < -0.39 is 29.4 Å². The van der Waals surface area contributed by atoms with Crippen LogP contribution >= 0.6 is 0 Å². The van der Waals surface area contributed by atoms with E-state index in [-0.39, 0.29) is 19.6 Å². The second kappa shape index (κ2) is 8.29. The fraction of sp³-hybridized carbons (Fsp3) is 0.286. The summed E-state index contributed by atoms with van der Waals surface area (Å²) in [5, 5.41) is 21.7. The number of rotatable bonds is 7. The fourth-order valence-corrected chi connectivity index (χ4v) is 3.25. The van der Waals surface area contributed by atoms with Crippen molar-refractivity contribution in [2.24, 2.45) is 0 Å². The number of hydrogen-bond acceptors (Lipinski definition) is 5. The SMILES string of the molecule is CC[C@]1(c2ccc(F)cc2)NC(=O)N(C[C@@H](O)COc2ccc(C#N)cc2)C1=O. The van der Waals surface area contributed by atoms with Crippen molar-refractivity contribution in [3.63, 3.8) is 0 Å². The van der Waals surface area contributed by atoms with Gasteiger partial charge in [0.05, 0.1) is 18.2 Å². The molecule has 2 atom stereocenters. The zero-order chi connectivity index (χ0) is 21.0. The lowest BCUT2D eigenvalue weighted by atomic mass is 9.87. The van der Waals surface area contributed by atoms with Gasteiger partial charge in [0.2, 0.25) is 0 Å². The number of nitrogens with one attached hydrogen (secondary N) is 1. The average molecular weight is 397 g/mol. The second-order valence-corrected chi connectivity index (χ2v) is 6.71. The molecule has 1 heterocycles. The van der Waals surface area contributed by atoms with Gasteiger partial charge in [-0.2, -0.15) is 5.26 Å². The number of nitriles is 1. The van der Waals surface area contributed by atoms with Crippen LogP contribution in [0.15, 0.2) is 48.5 Å². The molecule has 1 aliphatic rings. The number of benzene rings is 2. The predicted octanol–water partition coefficient (Wildman–Crippen LogP) is 2.29. The molecule has 0 bridgehead atoms. The van der Waals surface area contributed by atoms with Crippen LogP contribution in [0.2, 0.25) is 0 Å². The maximum atomic E-state index is 13.2. The first-order valence-corrected chi connectivity index (χ1v) is 9.11. The van der Waals surface area contributed by atoms with Crippen LogP contribution in [0.3, 0.4) is 0 Å². The molecule has 2 aromatic rings. The molecule has 0 unspecified atom stereocenters. The van der Waals surface area contributed by atoms with Crippen LogP contribution < -0.4 is 10.1 Å². The topological polar surface area (TPSA) is 103 Å². The van der Waals surface area contributed by atoms with E-state index in [0.717, 1.165) is 4.90 Å². The number of carbonyl (C=O) groups excluding carboxylic acids is 2. The Hall–Kier alpha value is -3.44. The lowest BCUT2D eigenvalue weighted by Crippen LogP contribution is -2.44. The molecule has 0 radical (unpaired) electrons. The minimum absolute atomic E-state index is 0.140. The number of β-amino-alcohol motifs (C(OH)–C–C–N with tert-alkyl or cyclic N) is 1. The molecule has 0 saturated carbocycles. The second-order valence-electron chi connectivity index (χ2n) is 6.71. The van der Waals surface area contributed by atoms with E-state index in [9.17, 15) is 19.1 Å². The maximum absolute atomic E-state index is 13.2. The number of ether oxygens (including phenoxy) is 1. The van der Waals surface area contributed by atoms with Crippen molar-refractivity contribution in [1.29, 1.82) is 5.26 Å². The van der Waals surface area contributed by atoms with Gasteiger partial charge in [-0.3, -0.25) is 9.69 Å². The Morgan fingerprint density at radius 1 is 1.21 bits per heavy atom. The van der Waals surface area contributed by atoms with Crippen LogP contribution in [-0.4, -0.2) is 41.2 Å². The number of urea groups is 1. The zero-order valence-corrected chi connectivity index (χ0v) is 15.8. The number of amides is 3. The highest BCUT2D eigenvalue weighted by molar-refractivity contribution is 6.07. The highest BCUT2D eigenvalue weighted by atomic mass is 19.1. The zero-order valence-electron chi connectivity index (χ0n) is 15.8. The van der Waals surface area contributed by atoms with Crippen LogP contribution in [-0.2, 0) is 10.3 Å². The van der Waals surface area contributed by atoms with Crippen molar-refractivity contribution in [3.05, 3.63) is 65.5 Å². The van der Waals surface area contributed by atoms with Gasteiger partial charge < -0.3 is 15.2 Å². The van der Waals surface area contributed by atoms with E-state index in [0.29, 0.717) is 16.9 Å². The molecule has 0 aliphatic carbocycles. The van der Waals surface area contributed by atoms with E-state index in [1.807, 2.05) is 6.07 Å². The Morgan fingerprint density at radius 3 is 2.45 bits per heavy atom. The molecule has 1 saturated heterocycles. The Labute approximate surface area is 167 Å². The summed E-state index contributed by atoms with van der Waals surface area (Å²) in [4.78, 5) is 26.4. The maximum Gasteiger partial charge on any atom is 0.325 e. The fourth-order valence-electron chi connectivity index (χ4n) is 3.25. The molecule has 3 rings (SSSR count). The molecular weight excluding hydrogens is 377 g/mol. The summed E-state index contributed by atoms with van der Waals surface area (Å²) in [6.07, 6.45) is -0.835. The third kappa shape index (κ3) is 4.05. The summed E-state index contributed by atoms with van der Waals surface area (Å²) in [6.45, 7) is 1.36. The smallest absolute Gasteiger partial charge is 0.325 e. The summed E-state index contributed by atoms with van der Waals surface area (Å²) >= 11 is 0. The number of aliphatic hydroxyl groups is 1. The van der Waals surface area contributed by atoms with Gasteiger partial charge in [0, 0.05) is 0 Å². The third-order valence-corrected chi connectivity index (χ3v) is 4.86. The summed E-state index contributed by atoms with van der Waals surface area (Å²) in [5.74, 6) is -0.493. The van der Waals surface area contributed by atoms with E-state index in [2.05, 4.69) is 5.32 Å². The Morgan fingerprint density at radius 2 is 1.86 bits per heavy atom. The van der Waals surface area contributed by atoms with E-state index in [1.165, 1.54) is 24.3 Å². The van der Waals surface area contributed by atoms with E-state index in [4.69, 9.17) is 10.00 Å². The van der Waals surface area contributed by atoms with E-state index >= 15 is 0 Å². The number of halogens is 1. The van der Waals surface area contributed by atoms with Crippen molar-refractivity contribution in [3.8, 4) is 11.8 Å². The minimum Gasteiger partial charge on any atom is -0.491 e. The monoisotopic (exact) mass is 397 g/mol. The molecule has 3 amide bonds. The van der Waals surface area contributed by atoms with Gasteiger partial charge in [0.15, 0.2) is 0 Å². The lowest BCUT2D eigenvalue weighted by molar-refractivity contribution is -0.132. The van der Waals surface area contributed by atoms with Crippen molar-refractivity contribution < 1.29 is 23.8 Å². The highest BCUT2D eigenvalue weighted by Gasteiger charge is 2.51. The van der Waals surface area contributed by atoms with Crippen LogP contribution in [0.5, 0.6) is 5.75 Å². The first-order valence-electron chi connectivity index (χ1n) is 9.11. The Balaban J connectivity index is 1.67. The first-order chi connectivity index (χ1) is 13.9. The molecule has 0 spiro atoms. The number of imide groups is 1. The molecule has 0 aromatic heterocycles. The number of hydrogen-bond donors (Lipinski definition) is 2. The van der Waals surface area contributed by atoms with Gasteiger partial charge >= 0.3 is 6.03 Å². The van der Waals surface area contributed by atoms with Crippen LogP contribution in [0.4, 0.5) is 9.18 Å². The van der Waals surface area contributed by atoms with Crippen molar-refractivity contribution in [1.82, 2.24) is 10.2 Å². The third-order valence-electron chi connectivity index (χ3n) is 4.86. The standard InChI is InChI=1S/C21H20FN3O4/c1-2-21(15-5-7-16(22)8-6-15)19(27)25(20(28)24-21)12-17(26)13-29-18-9-3-14(11-23)4-10-18/h3-10,17,26H,2,12-13H2,1H3,(H,24,28)/t17-,21-/m1/s1. The van der Waals surface area contributed by atoms with Crippen LogP contribution in [0.1, 0.15) is 24.5 Å². The van der Waals surface area contributed by atoms with Gasteiger partial charge in [0.25, 0.3) is 5.91 Å². The molecular formula is C21H20FN3O4. The van der Waals surface area contributed by atoms with E-state index in [1.54, 1.807) is 31.2 Å². The minimum atomic E-state index is -1.29. The van der Waals surface area contributed by atoms with Crippen molar-refractivity contribution >= 4 is 11.9 Å². The highest BCUT2D eigenvalue weighted by Crippen LogP contribution is 2.32. The van der Waals surface area contributed by atoms with Gasteiger partial charge in [-0.25, -0.2) is 9.18 Å². The normalized spacial score (nSPS) is 19.6. The Bertz CT molecular complexity index is 940. The number of nitrogens with zero attached hydrogens (tertiary/aromatic N) is 2. The molecule has 29 heavy (non-hydrogen) atoms. The summed E-state index contributed by atoms with van der Waals surface area (Å²) < 4.78 is 18.7. The van der Waals surface area contributed by atoms with Crippen molar-refractivity contribution in [2.45, 2.75) is 25.0 Å². The van der Waals surface area contributed by atoms with Gasteiger partial charge in [-0.1, -0.05) is 19.1 Å². The Kier molecular flexibility index (Phi) is 5.80. The molecule has 2 aromatic carbocycles. The van der Waals surface area contributed by atoms with Crippen LogP contribution in [0.25, 0.3) is 0 Å². The quantitative estimate of drug-likeness (QED) is 0.698. The first kappa shape index (κ1) is 20.3. The number of aliphatic hydroxyl groups excluding tert-OH is 1. The molecule has 150 valence electrons. The van der Waals surface area contributed by atoms with Gasteiger partial charge in [-0.15, -0.1) is 0 Å². The predicted molar refractivity (Wildman–Crippen MR) is 101 cm³/mol. The summed E-state index contributed by atoms with van der Waals surface area (Å²) in [6, 6.07) is 13.1. The van der Waals surface area contributed by atoms with Gasteiger partial charge in [-0.05, 0) is 48.4 Å². The molecule has 8 heteroatoms. The number of carbonyl (C=O) groups is 2. The summed E-state index contributed by atoms with van der Waals surface area (Å²) in [7, 11) is 0. The van der Waals surface area contributed by atoms with Gasteiger partial charge in [0.1, 0.15) is 29.8 Å². The molecule has 2 N–H and O–H groups in total.